The second-order valence-corrected chi connectivity index (χ2v) is 9.58. The molecule has 42 heavy (non-hydrogen) atoms. The fourth-order valence-corrected chi connectivity index (χ4v) is 4.77. The lowest BCUT2D eigenvalue weighted by Gasteiger charge is -2.30. The summed E-state index contributed by atoms with van der Waals surface area (Å²) in [6.45, 7) is 1.78. The molecule has 0 N–H and O–H groups in total. The van der Waals surface area contributed by atoms with Crippen molar-refractivity contribution >= 4 is 40.6 Å². The summed E-state index contributed by atoms with van der Waals surface area (Å²) in [6, 6.07) is 12.2. The Morgan fingerprint density at radius 3 is 1.93 bits per heavy atom. The van der Waals surface area contributed by atoms with E-state index in [1.54, 1.807) is 6.92 Å². The van der Waals surface area contributed by atoms with Gasteiger partial charge in [0, 0.05) is 34.1 Å². The van der Waals surface area contributed by atoms with Gasteiger partial charge in [0.15, 0.2) is 11.5 Å². The Balaban J connectivity index is 2.01. The number of carbonyl (C=O) groups is 2. The molecule has 0 saturated heterocycles. The number of ether oxygens (including phenoxy) is 1. The molecule has 0 aliphatic heterocycles. The second kappa shape index (κ2) is 12.2. The molecular formula is C28H19Cl2F7N2O3. The van der Waals surface area contributed by atoms with Crippen LogP contribution in [-0.2, 0) is 12.1 Å². The molecule has 0 aliphatic carbocycles. The molecule has 5 nitrogen and oxygen atoms in total. The van der Waals surface area contributed by atoms with E-state index in [1.807, 2.05) is 6.07 Å². The molecule has 3 aromatic rings. The molecule has 0 heterocycles. The molecule has 3 rings (SSSR count). The molecule has 0 spiro atoms. The summed E-state index contributed by atoms with van der Waals surface area (Å²) < 4.78 is 99.2. The first-order chi connectivity index (χ1) is 19.5. The van der Waals surface area contributed by atoms with Gasteiger partial charge in [-0.15, -0.1) is 0 Å². The summed E-state index contributed by atoms with van der Waals surface area (Å²) in [4.78, 5) is 27.8. The fraction of sp³-hybridized carbons (Fsp3) is 0.250. The molecule has 0 bridgehead atoms. The van der Waals surface area contributed by atoms with Gasteiger partial charge in [-0.2, -0.15) is 31.6 Å². The van der Waals surface area contributed by atoms with Gasteiger partial charge in [0.25, 0.3) is 5.91 Å². The van der Waals surface area contributed by atoms with Crippen molar-refractivity contribution in [3.8, 4) is 11.8 Å². The summed E-state index contributed by atoms with van der Waals surface area (Å²) in [5.41, 5.74) is -7.39. The zero-order chi connectivity index (χ0) is 31.6. The van der Waals surface area contributed by atoms with Crippen LogP contribution in [0.4, 0.5) is 36.4 Å². The Kier molecular flexibility index (Phi) is 9.49. The van der Waals surface area contributed by atoms with E-state index in [9.17, 15) is 40.3 Å². The van der Waals surface area contributed by atoms with E-state index in [0.29, 0.717) is 5.56 Å². The highest BCUT2D eigenvalue weighted by molar-refractivity contribution is 6.36. The first kappa shape index (κ1) is 32.7. The van der Waals surface area contributed by atoms with Gasteiger partial charge in [0.1, 0.15) is 0 Å². The number of benzene rings is 3. The molecule has 1 amide bonds. The first-order valence-corrected chi connectivity index (χ1v) is 12.6. The minimum atomic E-state index is -6.39. The largest absolute Gasteiger partial charge is 0.494 e. The number of methoxy groups -OCH3 is 1. The summed E-state index contributed by atoms with van der Waals surface area (Å²) in [6.07, 6.45) is -13.5. The van der Waals surface area contributed by atoms with E-state index in [-0.39, 0.29) is 46.8 Å². The minimum Gasteiger partial charge on any atom is -0.494 e. The number of hydrogen-bond acceptors (Lipinski definition) is 4. The molecule has 3 aromatic carbocycles. The highest BCUT2D eigenvalue weighted by Crippen LogP contribution is 2.54. The van der Waals surface area contributed by atoms with Crippen molar-refractivity contribution < 1.29 is 45.1 Å². The average Bonchev–Trinajstić information content (AvgIpc) is 2.93. The Hall–Kier alpha value is -3.82. The third-order valence-corrected chi connectivity index (χ3v) is 6.94. The second-order valence-electron chi connectivity index (χ2n) is 8.77. The maximum absolute atomic E-state index is 14.5. The number of hydrogen-bond donors (Lipinski definition) is 0. The lowest BCUT2D eigenvalue weighted by Crippen LogP contribution is -2.50. The maximum Gasteiger partial charge on any atom is 0.435 e. The zero-order valence-corrected chi connectivity index (χ0v) is 23.1. The van der Waals surface area contributed by atoms with Crippen LogP contribution in [0.5, 0.6) is 5.75 Å². The van der Waals surface area contributed by atoms with Gasteiger partial charge in [0.2, 0.25) is 0 Å². The smallest absolute Gasteiger partial charge is 0.435 e. The lowest BCUT2D eigenvalue weighted by molar-refractivity contribution is -0.348. The molecule has 222 valence electrons. The van der Waals surface area contributed by atoms with Gasteiger partial charge in [-0.05, 0) is 61.0 Å². The summed E-state index contributed by atoms with van der Waals surface area (Å²) in [5.74, 6) is -1.33. The molecule has 0 saturated carbocycles. The number of ketones is 1. The number of anilines is 1. The highest BCUT2D eigenvalue weighted by Gasteiger charge is 2.73. The van der Waals surface area contributed by atoms with E-state index < -0.39 is 51.7 Å². The zero-order valence-electron chi connectivity index (χ0n) is 21.6. The standard InChI is InChI=1S/C28H19Cl2F7N2O3/c1-3-39(25(41)16-9-7-15(14-38)8-10-16)22-6-4-5-18(24(22)42-2)23(40)13-19-20(29)11-17(12-21(19)30)26(31,27(32,33)34)28(35,36)37/h4-12H,3,13H2,1-2H3. The van der Waals surface area contributed by atoms with Crippen molar-refractivity contribution in [1.82, 2.24) is 0 Å². The quantitative estimate of drug-likeness (QED) is 0.185. The van der Waals surface area contributed by atoms with Crippen LogP contribution in [0, 0.1) is 11.3 Å². The summed E-state index contributed by atoms with van der Waals surface area (Å²) >= 11 is 11.9. The molecule has 0 unspecified atom stereocenters. The number of para-hydroxylation sites is 1. The molecule has 0 aromatic heterocycles. The van der Waals surface area contributed by atoms with Crippen LogP contribution in [0.1, 0.15) is 44.3 Å². The van der Waals surface area contributed by atoms with Gasteiger partial charge < -0.3 is 9.64 Å². The van der Waals surface area contributed by atoms with E-state index in [2.05, 4.69) is 0 Å². The number of amides is 1. The fourth-order valence-electron chi connectivity index (χ4n) is 4.15. The Morgan fingerprint density at radius 2 is 1.48 bits per heavy atom. The third-order valence-electron chi connectivity index (χ3n) is 6.27. The SMILES string of the molecule is CCN(C(=O)c1ccc(C#N)cc1)c1cccc(C(=O)Cc2c(Cl)cc(C(F)(C(F)(F)F)C(F)(F)F)cc2Cl)c1OC. The van der Waals surface area contributed by atoms with Crippen molar-refractivity contribution in [2.75, 3.05) is 18.6 Å². The van der Waals surface area contributed by atoms with Crippen LogP contribution < -0.4 is 9.64 Å². The van der Waals surface area contributed by atoms with Crippen LogP contribution in [0.15, 0.2) is 54.6 Å². The number of halogens is 9. The van der Waals surface area contributed by atoms with E-state index in [0.717, 1.165) is 0 Å². The number of Topliss-reactive ketones (excluding diaryl/α,β-unsaturated/α-hetero) is 1. The van der Waals surface area contributed by atoms with Crippen LogP contribution in [0.25, 0.3) is 0 Å². The molecule has 14 heteroatoms. The monoisotopic (exact) mass is 634 g/mol. The predicted molar refractivity (Wildman–Crippen MR) is 141 cm³/mol. The molecule has 0 atom stereocenters. The first-order valence-electron chi connectivity index (χ1n) is 11.8. The molecule has 0 aliphatic rings. The van der Waals surface area contributed by atoms with Crippen molar-refractivity contribution in [3.05, 3.63) is 92.5 Å². The van der Waals surface area contributed by atoms with Crippen LogP contribution in [-0.4, -0.2) is 37.7 Å². The van der Waals surface area contributed by atoms with Crippen molar-refractivity contribution in [2.24, 2.45) is 0 Å². The normalized spacial score (nSPS) is 12.0. The van der Waals surface area contributed by atoms with E-state index in [4.69, 9.17) is 33.2 Å². The van der Waals surface area contributed by atoms with Gasteiger partial charge in [-0.1, -0.05) is 29.3 Å². The van der Waals surface area contributed by atoms with Gasteiger partial charge in [-0.25, -0.2) is 4.39 Å². The van der Waals surface area contributed by atoms with Crippen LogP contribution in [0.3, 0.4) is 0 Å². The van der Waals surface area contributed by atoms with Crippen LogP contribution in [0.2, 0.25) is 10.0 Å². The van der Waals surface area contributed by atoms with E-state index in [1.165, 1.54) is 54.5 Å². The van der Waals surface area contributed by atoms with Gasteiger partial charge >= 0.3 is 18.0 Å². The van der Waals surface area contributed by atoms with Crippen molar-refractivity contribution in [3.63, 3.8) is 0 Å². The average molecular weight is 635 g/mol. The van der Waals surface area contributed by atoms with Gasteiger partial charge in [0.05, 0.1) is 30.0 Å². The minimum absolute atomic E-state index is 0.0628. The Bertz CT molecular complexity index is 1510. The number of nitriles is 1. The third kappa shape index (κ3) is 6.03. The van der Waals surface area contributed by atoms with Crippen LogP contribution >= 0.6 is 23.2 Å². The topological polar surface area (TPSA) is 70.4 Å². The number of alkyl halides is 7. The van der Waals surface area contributed by atoms with Crippen molar-refractivity contribution in [2.45, 2.75) is 31.4 Å². The molecule has 0 fully saturated rings. The lowest BCUT2D eigenvalue weighted by atomic mass is 9.92. The number of carbonyl (C=O) groups excluding carboxylic acids is 2. The molecule has 0 radical (unpaired) electrons. The van der Waals surface area contributed by atoms with Gasteiger partial charge in [-0.3, -0.25) is 9.59 Å². The van der Waals surface area contributed by atoms with Crippen molar-refractivity contribution in [1.29, 1.82) is 5.26 Å². The van der Waals surface area contributed by atoms with E-state index >= 15 is 0 Å². The maximum atomic E-state index is 14.5. The number of nitrogens with zero attached hydrogens (tertiary/aromatic N) is 2. The highest BCUT2D eigenvalue weighted by atomic mass is 35.5. The number of rotatable bonds is 8. The predicted octanol–water partition coefficient (Wildman–Crippen LogP) is 8.26. The Labute approximate surface area is 245 Å². The summed E-state index contributed by atoms with van der Waals surface area (Å²) in [5, 5.41) is 7.38. The molecular weight excluding hydrogens is 616 g/mol. The Morgan fingerprint density at radius 1 is 0.929 bits per heavy atom. The summed E-state index contributed by atoms with van der Waals surface area (Å²) in [7, 11) is 1.22.